The summed E-state index contributed by atoms with van der Waals surface area (Å²) >= 11 is 1.44. The average Bonchev–Trinajstić information content (AvgIpc) is 3.29. The maximum atomic E-state index is 13.5. The van der Waals surface area contributed by atoms with E-state index >= 15 is 0 Å². The summed E-state index contributed by atoms with van der Waals surface area (Å²) < 4.78 is 16.3. The Hall–Kier alpha value is -3.13. The molecule has 13 heteroatoms. The first-order valence-corrected chi connectivity index (χ1v) is 13.7. The molecule has 1 aliphatic carbocycles. The van der Waals surface area contributed by atoms with E-state index in [4.69, 9.17) is 14.2 Å². The highest BCUT2D eigenvalue weighted by Crippen LogP contribution is 2.36. The Kier molecular flexibility index (Phi) is 6.76. The molecule has 2 fully saturated rings. The van der Waals surface area contributed by atoms with Gasteiger partial charge in [-0.2, -0.15) is 0 Å². The zero-order valence-electron chi connectivity index (χ0n) is 20.6. The number of rotatable bonds is 4. The zero-order chi connectivity index (χ0) is 26.4. The number of aliphatic hydroxyl groups excluding tert-OH is 2. The molecule has 0 aromatic carbocycles. The first kappa shape index (κ1) is 25.2. The molecule has 0 radical (unpaired) electrons. The fraction of sp³-hybridized carbons (Fsp3) is 0.560. The van der Waals surface area contributed by atoms with Gasteiger partial charge in [-0.05, 0) is 31.7 Å². The number of thiazole rings is 1. The van der Waals surface area contributed by atoms with E-state index in [2.05, 4.69) is 14.9 Å². The molecule has 5 heterocycles. The molecule has 1 amide bonds. The molecule has 2 aromatic heterocycles. The Labute approximate surface area is 222 Å². The normalized spacial score (nSPS) is 24.8. The van der Waals surface area contributed by atoms with Gasteiger partial charge in [-0.1, -0.05) is 17.8 Å². The molecule has 0 spiro atoms. The lowest BCUT2D eigenvalue weighted by atomic mass is 9.90. The van der Waals surface area contributed by atoms with Crippen molar-refractivity contribution in [1.29, 1.82) is 0 Å². The van der Waals surface area contributed by atoms with Crippen LogP contribution in [-0.2, 0) is 22.6 Å². The first-order chi connectivity index (χ1) is 18.4. The molecule has 2 N–H and O–H groups in total. The lowest BCUT2D eigenvalue weighted by molar-refractivity contribution is -0.164. The van der Waals surface area contributed by atoms with Crippen molar-refractivity contribution < 1.29 is 38.8 Å². The van der Waals surface area contributed by atoms with Crippen molar-refractivity contribution in [2.45, 2.75) is 69.4 Å². The number of piperidine rings is 1. The number of esters is 2. The molecule has 12 nitrogen and oxygen atoms in total. The lowest BCUT2D eigenvalue weighted by Gasteiger charge is -2.41. The maximum Gasteiger partial charge on any atom is 0.345 e. The number of pyridine rings is 1. The minimum Gasteiger partial charge on any atom is -0.467 e. The van der Waals surface area contributed by atoms with E-state index < -0.39 is 35.9 Å². The van der Waals surface area contributed by atoms with Crippen molar-refractivity contribution in [1.82, 2.24) is 19.8 Å². The predicted molar refractivity (Wildman–Crippen MR) is 131 cm³/mol. The van der Waals surface area contributed by atoms with Crippen LogP contribution in [0.25, 0.3) is 0 Å². The molecule has 1 saturated carbocycles. The Morgan fingerprint density at radius 1 is 1.05 bits per heavy atom. The molecule has 202 valence electrons. The van der Waals surface area contributed by atoms with Crippen molar-refractivity contribution in [3.05, 3.63) is 28.4 Å². The summed E-state index contributed by atoms with van der Waals surface area (Å²) in [6.45, 7) is 2.77. The molecule has 2 atom stereocenters. The topological polar surface area (TPSA) is 152 Å². The van der Waals surface area contributed by atoms with Crippen molar-refractivity contribution in [3.63, 3.8) is 0 Å². The van der Waals surface area contributed by atoms with Crippen molar-refractivity contribution in [2.24, 2.45) is 0 Å². The Morgan fingerprint density at radius 2 is 1.79 bits per heavy atom. The molecule has 2 unspecified atom stereocenters. The van der Waals surface area contributed by atoms with Gasteiger partial charge < -0.3 is 34.2 Å². The summed E-state index contributed by atoms with van der Waals surface area (Å²) in [6, 6.07) is 2.10. The summed E-state index contributed by atoms with van der Waals surface area (Å²) in [7, 11) is 0. The van der Waals surface area contributed by atoms with Crippen molar-refractivity contribution in [3.8, 4) is 16.8 Å². The minimum atomic E-state index is -2.16. The molecule has 0 bridgehead atoms. The molecule has 3 aliphatic heterocycles. The monoisotopic (exact) mass is 544 g/mol. The summed E-state index contributed by atoms with van der Waals surface area (Å²) in [5.41, 5.74) is 0.853. The van der Waals surface area contributed by atoms with Crippen LogP contribution in [0.15, 0.2) is 12.3 Å². The van der Waals surface area contributed by atoms with Crippen molar-refractivity contribution in [2.75, 3.05) is 19.6 Å². The number of amides is 1. The number of carbonyl (C=O) groups is 3. The maximum absolute atomic E-state index is 13.5. The highest BCUT2D eigenvalue weighted by molar-refractivity contribution is 7.13. The highest BCUT2D eigenvalue weighted by Gasteiger charge is 2.39. The summed E-state index contributed by atoms with van der Waals surface area (Å²) in [5, 5.41) is 20.2. The quantitative estimate of drug-likeness (QED) is 0.523. The smallest absolute Gasteiger partial charge is 0.345 e. The van der Waals surface area contributed by atoms with Crippen molar-refractivity contribution >= 4 is 29.2 Å². The molecular weight excluding hydrogens is 516 g/mol. The third-order valence-electron chi connectivity index (χ3n) is 7.62. The molecule has 1 saturated heterocycles. The van der Waals surface area contributed by atoms with Crippen LogP contribution in [0.1, 0.15) is 53.0 Å². The molecule has 2 aromatic rings. The lowest BCUT2D eigenvalue weighted by Crippen LogP contribution is -2.46. The second kappa shape index (κ2) is 10.2. The highest BCUT2D eigenvalue weighted by atomic mass is 32.1. The van der Waals surface area contributed by atoms with Gasteiger partial charge in [-0.3, -0.25) is 4.79 Å². The number of nitrogens with zero attached hydrogens (tertiary/aromatic N) is 4. The van der Waals surface area contributed by atoms with Crippen LogP contribution < -0.4 is 14.2 Å². The SMILES string of the molecule is O=C1Oc2nccc(C(=O)N3CCc4nc(OC5CCN(C6CCC6)CC5)sc4C3)c2OC(=O)C(O)C1O. The van der Waals surface area contributed by atoms with E-state index in [-0.39, 0.29) is 17.4 Å². The van der Waals surface area contributed by atoms with E-state index in [1.54, 1.807) is 4.90 Å². The van der Waals surface area contributed by atoms with Gasteiger partial charge in [0.1, 0.15) is 6.10 Å². The second-order valence-corrected chi connectivity index (χ2v) is 11.0. The van der Waals surface area contributed by atoms with Crippen LogP contribution in [-0.4, -0.2) is 91.8 Å². The van der Waals surface area contributed by atoms with Gasteiger partial charge in [-0.15, -0.1) is 0 Å². The van der Waals surface area contributed by atoms with Crippen LogP contribution in [0.4, 0.5) is 0 Å². The van der Waals surface area contributed by atoms with Crippen LogP contribution >= 0.6 is 11.3 Å². The summed E-state index contributed by atoms with van der Waals surface area (Å²) in [6.07, 6.45) is 3.53. The number of carbonyl (C=O) groups excluding carboxylic acids is 3. The number of likely N-dealkylation sites (tertiary alicyclic amines) is 1. The van der Waals surface area contributed by atoms with Gasteiger partial charge in [0.05, 0.1) is 22.7 Å². The van der Waals surface area contributed by atoms with Gasteiger partial charge in [-0.25, -0.2) is 19.6 Å². The van der Waals surface area contributed by atoms with E-state index in [0.29, 0.717) is 24.7 Å². The summed E-state index contributed by atoms with van der Waals surface area (Å²) in [5.74, 6) is -3.85. The Balaban J connectivity index is 1.14. The minimum absolute atomic E-state index is 0.0533. The van der Waals surface area contributed by atoms with Gasteiger partial charge >= 0.3 is 11.9 Å². The third kappa shape index (κ3) is 4.75. The third-order valence-corrected chi connectivity index (χ3v) is 8.59. The van der Waals surface area contributed by atoms with Gasteiger partial charge in [0.15, 0.2) is 12.2 Å². The fourth-order valence-corrected chi connectivity index (χ4v) is 6.20. The van der Waals surface area contributed by atoms with Crippen LogP contribution in [0.3, 0.4) is 0 Å². The standard InChI is InChI=1S/C25H28N4O8S/c30-18-19(31)24(34)37-21-20(36-23(18)33)15(4-8-26-21)22(32)29-11-7-16-17(12-29)38-25(27-16)35-14-5-9-28(10-6-14)13-2-1-3-13/h4,8,13-14,18-19,30-31H,1-3,5-7,9-12H2. The Morgan fingerprint density at radius 3 is 2.50 bits per heavy atom. The molecule has 4 aliphatic rings. The predicted octanol–water partition coefficient (Wildman–Crippen LogP) is 0.678. The van der Waals surface area contributed by atoms with E-state index in [9.17, 15) is 24.6 Å². The average molecular weight is 545 g/mol. The number of fused-ring (bicyclic) bond motifs is 2. The molecular formula is C25H28N4O8S. The summed E-state index contributed by atoms with van der Waals surface area (Å²) in [4.78, 5) is 51.3. The largest absolute Gasteiger partial charge is 0.467 e. The number of hydrogen-bond acceptors (Lipinski definition) is 12. The first-order valence-electron chi connectivity index (χ1n) is 12.8. The van der Waals surface area contributed by atoms with E-state index in [0.717, 1.165) is 42.5 Å². The van der Waals surface area contributed by atoms with Crippen LogP contribution in [0.2, 0.25) is 0 Å². The number of aromatic nitrogens is 2. The van der Waals surface area contributed by atoms with E-state index in [1.807, 2.05) is 0 Å². The second-order valence-electron chi connectivity index (χ2n) is 9.99. The number of aliphatic hydroxyl groups is 2. The number of hydrogen-bond donors (Lipinski definition) is 2. The van der Waals surface area contributed by atoms with E-state index in [1.165, 1.54) is 42.9 Å². The Bertz CT molecular complexity index is 1260. The van der Waals surface area contributed by atoms with Crippen LogP contribution in [0.5, 0.6) is 16.8 Å². The molecule has 38 heavy (non-hydrogen) atoms. The molecule has 6 rings (SSSR count). The zero-order valence-corrected chi connectivity index (χ0v) is 21.4. The van der Waals surface area contributed by atoms with Gasteiger partial charge in [0.2, 0.25) is 5.75 Å². The fourth-order valence-electron chi connectivity index (χ4n) is 5.16. The number of ether oxygens (including phenoxy) is 3. The van der Waals surface area contributed by atoms with Gasteiger partial charge in [0, 0.05) is 38.3 Å². The van der Waals surface area contributed by atoms with Gasteiger partial charge in [0.25, 0.3) is 17.0 Å². The van der Waals surface area contributed by atoms with Crippen LogP contribution in [0, 0.1) is 0 Å².